The van der Waals surface area contributed by atoms with Gasteiger partial charge in [-0.2, -0.15) is 0 Å². The number of hydrogen-bond acceptors (Lipinski definition) is 4. The first-order valence-corrected chi connectivity index (χ1v) is 3.52. The normalized spacial score (nSPS) is 41.7. The van der Waals surface area contributed by atoms with Gasteiger partial charge in [0.1, 0.15) is 0 Å². The van der Waals surface area contributed by atoms with E-state index < -0.39 is 12.2 Å². The molecule has 0 bridgehead atoms. The first-order valence-electron chi connectivity index (χ1n) is 3.52. The van der Waals surface area contributed by atoms with E-state index in [1.165, 1.54) is 0 Å². The van der Waals surface area contributed by atoms with E-state index in [1.54, 1.807) is 0 Å². The second kappa shape index (κ2) is 3.30. The van der Waals surface area contributed by atoms with Crippen molar-refractivity contribution < 1.29 is 10.2 Å². The fraction of sp³-hybridized carbons (Fsp3) is 1.00. The van der Waals surface area contributed by atoms with Gasteiger partial charge in [-0.05, 0) is 0 Å². The zero-order valence-electron chi connectivity index (χ0n) is 5.83. The molecule has 4 heteroatoms. The number of rotatable bonds is 1. The molecule has 1 unspecified atom stereocenters. The minimum atomic E-state index is -0.492. The Morgan fingerprint density at radius 1 is 1.30 bits per heavy atom. The van der Waals surface area contributed by atoms with Crippen molar-refractivity contribution in [2.45, 2.75) is 12.2 Å². The lowest BCUT2D eigenvalue weighted by Gasteiger charge is -2.31. The SMILES string of the molecule is NCC1[C@H](O)CNC[C@@H]1O. The Kier molecular flexibility index (Phi) is 2.62. The van der Waals surface area contributed by atoms with E-state index in [0.29, 0.717) is 19.6 Å². The average Bonchev–Trinajstić information content (AvgIpc) is 1.88. The Balaban J connectivity index is 2.45. The maximum atomic E-state index is 9.24. The van der Waals surface area contributed by atoms with E-state index in [0.717, 1.165) is 0 Å². The summed E-state index contributed by atoms with van der Waals surface area (Å²) in [5, 5.41) is 21.4. The van der Waals surface area contributed by atoms with Crippen LogP contribution in [0.25, 0.3) is 0 Å². The number of nitrogens with two attached hydrogens (primary N) is 1. The lowest BCUT2D eigenvalue weighted by atomic mass is 9.93. The second-order valence-electron chi connectivity index (χ2n) is 2.69. The van der Waals surface area contributed by atoms with E-state index >= 15 is 0 Å². The molecule has 5 N–H and O–H groups in total. The van der Waals surface area contributed by atoms with E-state index in [4.69, 9.17) is 5.73 Å². The van der Waals surface area contributed by atoms with Gasteiger partial charge in [0.2, 0.25) is 0 Å². The largest absolute Gasteiger partial charge is 0.391 e. The molecule has 0 amide bonds. The maximum absolute atomic E-state index is 9.24. The summed E-state index contributed by atoms with van der Waals surface area (Å²) in [6.45, 7) is 1.43. The zero-order chi connectivity index (χ0) is 7.56. The van der Waals surface area contributed by atoms with Crippen LogP contribution in [0.2, 0.25) is 0 Å². The molecule has 10 heavy (non-hydrogen) atoms. The smallest absolute Gasteiger partial charge is 0.0730 e. The van der Waals surface area contributed by atoms with Crippen LogP contribution >= 0.6 is 0 Å². The van der Waals surface area contributed by atoms with Gasteiger partial charge in [-0.1, -0.05) is 0 Å². The summed E-state index contributed by atoms with van der Waals surface area (Å²) in [6, 6.07) is 0. The standard InChI is InChI=1S/C6H14N2O2/c7-1-4-5(9)2-8-3-6(4)10/h4-6,8-10H,1-3,7H2/t4?,5-,6+. The maximum Gasteiger partial charge on any atom is 0.0730 e. The van der Waals surface area contributed by atoms with Crippen molar-refractivity contribution in [3.63, 3.8) is 0 Å². The third-order valence-electron chi connectivity index (χ3n) is 1.97. The third-order valence-corrected chi connectivity index (χ3v) is 1.97. The number of piperidine rings is 1. The summed E-state index contributed by atoms with van der Waals surface area (Å²) >= 11 is 0. The molecule has 1 fully saturated rings. The van der Waals surface area contributed by atoms with Crippen molar-refractivity contribution in [2.75, 3.05) is 19.6 Å². The Morgan fingerprint density at radius 2 is 1.80 bits per heavy atom. The van der Waals surface area contributed by atoms with Crippen LogP contribution in [0.3, 0.4) is 0 Å². The summed E-state index contributed by atoms with van der Waals surface area (Å²) in [7, 11) is 0. The van der Waals surface area contributed by atoms with Gasteiger partial charge in [0.05, 0.1) is 12.2 Å². The van der Waals surface area contributed by atoms with Crippen LogP contribution in [0.15, 0.2) is 0 Å². The lowest BCUT2D eigenvalue weighted by Crippen LogP contribution is -2.52. The molecule has 1 heterocycles. The first-order chi connectivity index (χ1) is 4.75. The highest BCUT2D eigenvalue weighted by Crippen LogP contribution is 2.10. The molecule has 0 radical (unpaired) electrons. The molecule has 0 aromatic heterocycles. The van der Waals surface area contributed by atoms with Crippen LogP contribution in [0.1, 0.15) is 0 Å². The summed E-state index contributed by atoms with van der Waals surface area (Å²) in [5.74, 6) is -0.152. The number of aliphatic hydroxyl groups is 2. The number of hydrogen-bond donors (Lipinski definition) is 4. The molecule has 0 aromatic carbocycles. The van der Waals surface area contributed by atoms with Crippen LogP contribution in [-0.2, 0) is 0 Å². The molecule has 3 atom stereocenters. The van der Waals surface area contributed by atoms with Gasteiger partial charge < -0.3 is 21.3 Å². The molecule has 0 aliphatic carbocycles. The minimum Gasteiger partial charge on any atom is -0.391 e. The summed E-state index contributed by atoms with van der Waals surface area (Å²) in [6.07, 6.45) is -0.984. The molecule has 60 valence electrons. The number of aliphatic hydroxyl groups excluding tert-OH is 2. The molecule has 4 nitrogen and oxygen atoms in total. The lowest BCUT2D eigenvalue weighted by molar-refractivity contribution is -0.00683. The summed E-state index contributed by atoms with van der Waals surface area (Å²) < 4.78 is 0. The second-order valence-corrected chi connectivity index (χ2v) is 2.69. The topological polar surface area (TPSA) is 78.5 Å². The number of nitrogens with one attached hydrogen (secondary N) is 1. The molecule has 1 aliphatic rings. The highest BCUT2D eigenvalue weighted by molar-refractivity contribution is 4.84. The monoisotopic (exact) mass is 146 g/mol. The van der Waals surface area contributed by atoms with Crippen molar-refractivity contribution in [3.8, 4) is 0 Å². The highest BCUT2D eigenvalue weighted by atomic mass is 16.3. The van der Waals surface area contributed by atoms with Crippen LogP contribution in [-0.4, -0.2) is 42.1 Å². The minimum absolute atomic E-state index is 0.152. The van der Waals surface area contributed by atoms with E-state index in [-0.39, 0.29) is 5.92 Å². The van der Waals surface area contributed by atoms with Crippen molar-refractivity contribution in [1.82, 2.24) is 5.32 Å². The van der Waals surface area contributed by atoms with E-state index in [1.807, 2.05) is 0 Å². The molecule has 0 saturated carbocycles. The van der Waals surface area contributed by atoms with Gasteiger partial charge in [-0.3, -0.25) is 0 Å². The van der Waals surface area contributed by atoms with Gasteiger partial charge in [0, 0.05) is 25.6 Å². The Labute approximate surface area is 60.0 Å². The average molecular weight is 146 g/mol. The van der Waals surface area contributed by atoms with Gasteiger partial charge in [-0.15, -0.1) is 0 Å². The molecule has 1 aliphatic heterocycles. The van der Waals surface area contributed by atoms with Crippen LogP contribution in [0.4, 0.5) is 0 Å². The van der Waals surface area contributed by atoms with Gasteiger partial charge in [0.15, 0.2) is 0 Å². The first kappa shape index (κ1) is 7.94. The van der Waals surface area contributed by atoms with Gasteiger partial charge in [0.25, 0.3) is 0 Å². The van der Waals surface area contributed by atoms with Gasteiger partial charge >= 0.3 is 0 Å². The van der Waals surface area contributed by atoms with E-state index in [9.17, 15) is 10.2 Å². The van der Waals surface area contributed by atoms with Crippen LogP contribution in [0, 0.1) is 5.92 Å². The van der Waals surface area contributed by atoms with E-state index in [2.05, 4.69) is 5.32 Å². The van der Waals surface area contributed by atoms with Crippen molar-refractivity contribution >= 4 is 0 Å². The molecular formula is C6H14N2O2. The van der Waals surface area contributed by atoms with Crippen molar-refractivity contribution in [1.29, 1.82) is 0 Å². The molecule has 0 spiro atoms. The Hall–Kier alpha value is -0.160. The fourth-order valence-electron chi connectivity index (χ4n) is 1.25. The van der Waals surface area contributed by atoms with Crippen molar-refractivity contribution in [3.05, 3.63) is 0 Å². The molecular weight excluding hydrogens is 132 g/mol. The number of β-amino-alcohol motifs (C(OH)–C–C–N with tert-alkyl or cyclic N) is 2. The quantitative estimate of drug-likeness (QED) is 0.341. The summed E-state index contributed by atoms with van der Waals surface area (Å²) in [4.78, 5) is 0. The van der Waals surface area contributed by atoms with Crippen molar-refractivity contribution in [2.24, 2.45) is 11.7 Å². The highest BCUT2D eigenvalue weighted by Gasteiger charge is 2.28. The molecule has 1 saturated heterocycles. The predicted octanol–water partition coefficient (Wildman–Crippen LogP) is -2.11. The van der Waals surface area contributed by atoms with Gasteiger partial charge in [-0.25, -0.2) is 0 Å². The molecule has 0 aromatic rings. The van der Waals surface area contributed by atoms with Crippen LogP contribution < -0.4 is 11.1 Å². The Morgan fingerprint density at radius 3 is 2.10 bits per heavy atom. The fourth-order valence-corrected chi connectivity index (χ4v) is 1.25. The van der Waals surface area contributed by atoms with Crippen LogP contribution in [0.5, 0.6) is 0 Å². The predicted molar refractivity (Wildman–Crippen MR) is 37.4 cm³/mol. The summed E-state index contributed by atoms with van der Waals surface area (Å²) in [5.41, 5.74) is 5.34. The zero-order valence-corrected chi connectivity index (χ0v) is 5.83. The molecule has 1 rings (SSSR count). The third kappa shape index (κ3) is 1.46. The Bertz CT molecular complexity index is 99.9.